The zero-order valence-corrected chi connectivity index (χ0v) is 26.0. The number of aromatic nitrogens is 3. The quantitative estimate of drug-likeness (QED) is 0.392. The van der Waals surface area contributed by atoms with Crippen molar-refractivity contribution in [3.8, 4) is 11.3 Å². The molecule has 0 radical (unpaired) electrons. The van der Waals surface area contributed by atoms with Crippen molar-refractivity contribution in [2.75, 3.05) is 63.2 Å². The Morgan fingerprint density at radius 2 is 1.89 bits per heavy atom. The lowest BCUT2D eigenvalue weighted by molar-refractivity contribution is -0.118. The summed E-state index contributed by atoms with van der Waals surface area (Å²) >= 11 is 6.51. The van der Waals surface area contributed by atoms with E-state index in [9.17, 15) is 9.59 Å². The molecule has 11 nitrogen and oxygen atoms in total. The summed E-state index contributed by atoms with van der Waals surface area (Å²) in [5, 5.41) is 3.76. The number of halogens is 1. The minimum Gasteiger partial charge on any atom is -0.381 e. The first kappa shape index (κ1) is 30.1. The third kappa shape index (κ3) is 6.45. The van der Waals surface area contributed by atoms with Gasteiger partial charge in [0.25, 0.3) is 11.8 Å². The smallest absolute Gasteiger partial charge is 0.265 e. The van der Waals surface area contributed by atoms with Crippen LogP contribution >= 0.6 is 11.6 Å². The third-order valence-electron chi connectivity index (χ3n) is 8.56. The number of nitrogens with zero attached hydrogens (tertiary/aromatic N) is 7. The normalized spacial score (nSPS) is 19.8. The molecule has 2 saturated heterocycles. The molecule has 5 heterocycles. The van der Waals surface area contributed by atoms with E-state index in [-0.39, 0.29) is 24.5 Å². The molecule has 0 aliphatic carbocycles. The number of benzene rings is 1. The predicted octanol–water partition coefficient (Wildman–Crippen LogP) is 4.09. The largest absolute Gasteiger partial charge is 0.381 e. The van der Waals surface area contributed by atoms with Gasteiger partial charge in [-0.3, -0.25) is 9.59 Å². The Bertz CT molecular complexity index is 1580. The summed E-state index contributed by atoms with van der Waals surface area (Å²) in [6.45, 7) is 8.72. The Balaban J connectivity index is 1.15. The van der Waals surface area contributed by atoms with Crippen molar-refractivity contribution in [1.29, 1.82) is 0 Å². The lowest BCUT2D eigenvalue weighted by atomic mass is 10.0. The molecule has 1 atom stereocenters. The average molecular weight is 617 g/mol. The lowest BCUT2D eigenvalue weighted by Gasteiger charge is -2.33. The number of aliphatic imine (C=N–C) groups is 1. The topological polar surface area (TPSA) is 116 Å². The summed E-state index contributed by atoms with van der Waals surface area (Å²) in [6.07, 6.45) is 3.33. The van der Waals surface area contributed by atoms with E-state index in [4.69, 9.17) is 21.3 Å². The highest BCUT2D eigenvalue weighted by atomic mass is 35.5. The molecule has 1 aromatic carbocycles. The monoisotopic (exact) mass is 616 g/mol. The van der Waals surface area contributed by atoms with Crippen molar-refractivity contribution in [3.63, 3.8) is 0 Å². The van der Waals surface area contributed by atoms with Crippen LogP contribution in [0.4, 0.5) is 11.8 Å². The molecule has 0 spiro atoms. The zero-order valence-electron chi connectivity index (χ0n) is 25.3. The Morgan fingerprint density at radius 1 is 1.11 bits per heavy atom. The summed E-state index contributed by atoms with van der Waals surface area (Å²) in [6, 6.07) is 11.3. The Morgan fingerprint density at radius 3 is 2.66 bits per heavy atom. The van der Waals surface area contributed by atoms with Crippen molar-refractivity contribution in [1.82, 2.24) is 24.8 Å². The van der Waals surface area contributed by atoms with Gasteiger partial charge < -0.3 is 24.8 Å². The van der Waals surface area contributed by atoms with E-state index in [2.05, 4.69) is 37.1 Å². The van der Waals surface area contributed by atoms with E-state index in [1.54, 1.807) is 24.1 Å². The molecule has 6 rings (SSSR count). The summed E-state index contributed by atoms with van der Waals surface area (Å²) in [7, 11) is 2.11. The highest BCUT2D eigenvalue weighted by molar-refractivity contribution is 6.33. The van der Waals surface area contributed by atoms with Gasteiger partial charge >= 0.3 is 0 Å². The maximum atomic E-state index is 13.6. The van der Waals surface area contributed by atoms with Crippen LogP contribution in [0.15, 0.2) is 47.6 Å². The summed E-state index contributed by atoms with van der Waals surface area (Å²) in [5.41, 5.74) is 3.79. The van der Waals surface area contributed by atoms with Crippen molar-refractivity contribution < 1.29 is 14.3 Å². The van der Waals surface area contributed by atoms with Gasteiger partial charge in [-0.15, -0.1) is 0 Å². The van der Waals surface area contributed by atoms with Crippen molar-refractivity contribution >= 4 is 40.9 Å². The number of rotatable bonds is 7. The number of amides is 2. The Labute approximate surface area is 262 Å². The number of anilines is 2. The molecule has 0 saturated carbocycles. The van der Waals surface area contributed by atoms with Crippen molar-refractivity contribution in [2.45, 2.75) is 38.8 Å². The zero-order chi connectivity index (χ0) is 30.8. The molecule has 3 aliphatic rings. The van der Waals surface area contributed by atoms with Gasteiger partial charge in [0.1, 0.15) is 12.4 Å². The highest BCUT2D eigenvalue weighted by Gasteiger charge is 2.35. The van der Waals surface area contributed by atoms with Gasteiger partial charge in [0.15, 0.2) is 0 Å². The first-order chi connectivity index (χ1) is 21.3. The van der Waals surface area contributed by atoms with Gasteiger partial charge in [0.2, 0.25) is 5.95 Å². The first-order valence-electron chi connectivity index (χ1n) is 15.1. The summed E-state index contributed by atoms with van der Waals surface area (Å²) in [4.78, 5) is 50.9. The number of carbonyl (C=O) groups excluding carboxylic acids is 2. The average Bonchev–Trinajstić information content (AvgIpc) is 3.27. The van der Waals surface area contributed by atoms with E-state index >= 15 is 0 Å². The molecule has 12 heteroatoms. The number of hydrogen-bond donors (Lipinski definition) is 1. The third-order valence-corrected chi connectivity index (χ3v) is 8.84. The van der Waals surface area contributed by atoms with Gasteiger partial charge in [-0.2, -0.15) is 0 Å². The van der Waals surface area contributed by atoms with E-state index in [0.29, 0.717) is 52.4 Å². The number of piperazine rings is 1. The predicted molar refractivity (Wildman–Crippen MR) is 171 cm³/mol. The van der Waals surface area contributed by atoms with Gasteiger partial charge in [-0.25, -0.2) is 19.9 Å². The van der Waals surface area contributed by atoms with Crippen LogP contribution in [0.3, 0.4) is 0 Å². The molecule has 2 aromatic heterocycles. The van der Waals surface area contributed by atoms with Crippen LogP contribution in [-0.4, -0.2) is 101 Å². The second-order valence-electron chi connectivity index (χ2n) is 11.6. The fourth-order valence-corrected chi connectivity index (χ4v) is 6.09. The van der Waals surface area contributed by atoms with Gasteiger partial charge in [0.05, 0.1) is 34.4 Å². The molecule has 44 heavy (non-hydrogen) atoms. The molecular weight excluding hydrogens is 580 g/mol. The lowest BCUT2D eigenvalue weighted by Crippen LogP contribution is -2.44. The molecule has 0 bridgehead atoms. The van der Waals surface area contributed by atoms with Crippen molar-refractivity contribution in [3.05, 3.63) is 64.4 Å². The van der Waals surface area contributed by atoms with Crippen LogP contribution in [-0.2, 0) is 9.53 Å². The number of nitrogens with one attached hydrogen (secondary N) is 1. The Hall–Kier alpha value is -3.93. The van der Waals surface area contributed by atoms with Gasteiger partial charge in [-0.05, 0) is 57.5 Å². The molecule has 2 fully saturated rings. The Kier molecular flexibility index (Phi) is 8.88. The van der Waals surface area contributed by atoms with Crippen molar-refractivity contribution in [2.24, 2.45) is 4.99 Å². The van der Waals surface area contributed by atoms with E-state index in [0.717, 1.165) is 50.4 Å². The van der Waals surface area contributed by atoms with E-state index in [1.807, 2.05) is 37.3 Å². The fraction of sp³-hybridized carbons (Fsp3) is 0.438. The minimum absolute atomic E-state index is 0.132. The highest BCUT2D eigenvalue weighted by Crippen LogP contribution is 2.37. The molecular formula is C32H37ClN8O3. The van der Waals surface area contributed by atoms with Crippen LogP contribution in [0.1, 0.15) is 54.3 Å². The molecule has 0 unspecified atom stereocenters. The molecule has 1 N–H and O–H groups in total. The number of pyridine rings is 1. The van der Waals surface area contributed by atoms with Gasteiger partial charge in [-0.1, -0.05) is 29.8 Å². The second-order valence-corrected chi connectivity index (χ2v) is 12.0. The van der Waals surface area contributed by atoms with E-state index < -0.39 is 5.91 Å². The summed E-state index contributed by atoms with van der Waals surface area (Å²) in [5.74, 6) is 0.740. The number of likely N-dealkylation sites (N-methyl/N-ethyl adjacent to an activating group) is 1. The van der Waals surface area contributed by atoms with Gasteiger partial charge in [0, 0.05) is 56.6 Å². The maximum Gasteiger partial charge on any atom is 0.265 e. The number of hydrogen-bond acceptors (Lipinski definition) is 9. The van der Waals surface area contributed by atoms with Crippen LogP contribution in [0.2, 0.25) is 5.02 Å². The molecule has 3 aromatic rings. The molecule has 230 valence electrons. The fourth-order valence-electron chi connectivity index (χ4n) is 5.89. The number of carbonyl (C=O) groups is 2. The summed E-state index contributed by atoms with van der Waals surface area (Å²) < 4.78 is 5.44. The standard InChI is InChI=1S/C32H37ClN8O3/c1-20(27-5-4-6-28(37-27)40-13-11-39(3)12-14-40)35-29(42)19-41-21(2)24-8-7-22(17-25(24)31(41)43)30-26(33)18-34-32(38-30)36-23-9-15-44-16-10-23/h4-8,17-18,21,23H,9-16,19H2,1-3H3,(H,34,36,38)/t21-/m1/s1. The molecule has 3 aliphatic heterocycles. The SMILES string of the molecule is CC(=NC(=O)CN1C(=O)c2cc(-c3nc(NC4CCOCC4)ncc3Cl)ccc2[C@H]1C)c1cccc(N2CCN(C)CC2)n1. The first-order valence-corrected chi connectivity index (χ1v) is 15.5. The van der Waals surface area contributed by atoms with Crippen LogP contribution < -0.4 is 10.2 Å². The van der Waals surface area contributed by atoms with E-state index in [1.165, 1.54) is 0 Å². The second kappa shape index (κ2) is 13.0. The van der Waals surface area contributed by atoms with Crippen LogP contribution in [0.5, 0.6) is 0 Å². The minimum atomic E-state index is -0.398. The van der Waals surface area contributed by atoms with Crippen LogP contribution in [0.25, 0.3) is 11.3 Å². The maximum absolute atomic E-state index is 13.6. The number of fused-ring (bicyclic) bond motifs is 1. The number of ether oxygens (including phenoxy) is 1. The molecule has 2 amide bonds. The van der Waals surface area contributed by atoms with Crippen LogP contribution in [0, 0.1) is 0 Å².